The first-order valence-electron chi connectivity index (χ1n) is 4.90. The molecule has 3 N–H and O–H groups in total. The van der Waals surface area contributed by atoms with Crippen LogP contribution in [0.1, 0.15) is 5.69 Å². The molecule has 1 heterocycles. The Labute approximate surface area is 102 Å². The Morgan fingerprint density at radius 1 is 1.41 bits per heavy atom. The van der Waals surface area contributed by atoms with Gasteiger partial charge in [0.1, 0.15) is 11.4 Å². The number of aromatic hydroxyl groups is 1. The molecule has 1 aromatic heterocycles. The molecule has 0 fully saturated rings. The molecule has 6 heteroatoms. The zero-order valence-electron chi connectivity index (χ0n) is 8.80. The van der Waals surface area contributed by atoms with Gasteiger partial charge >= 0.3 is 0 Å². The number of hydrogen-bond donors (Lipinski definition) is 2. The van der Waals surface area contributed by atoms with E-state index in [0.29, 0.717) is 10.7 Å². The fourth-order valence-electron chi connectivity index (χ4n) is 1.42. The summed E-state index contributed by atoms with van der Waals surface area (Å²) in [6, 6.07) is 7.78. The van der Waals surface area contributed by atoms with E-state index >= 15 is 0 Å². The van der Waals surface area contributed by atoms with Gasteiger partial charge in [0.15, 0.2) is 0 Å². The predicted octanol–water partition coefficient (Wildman–Crippen LogP) is 1.05. The Morgan fingerprint density at radius 2 is 2.18 bits per heavy atom. The molecule has 0 aliphatic heterocycles. The molecule has 0 spiro atoms. The highest BCUT2D eigenvalue weighted by Gasteiger charge is 2.08. The molecule has 0 aliphatic carbocycles. The van der Waals surface area contributed by atoms with Crippen molar-refractivity contribution in [3.63, 3.8) is 0 Å². The van der Waals surface area contributed by atoms with Crippen LogP contribution >= 0.6 is 11.6 Å². The minimum atomic E-state index is -0.443. The van der Waals surface area contributed by atoms with Crippen molar-refractivity contribution in [2.45, 2.75) is 6.54 Å². The Bertz CT molecular complexity index is 610. The molecule has 88 valence electrons. The van der Waals surface area contributed by atoms with E-state index in [1.807, 2.05) is 0 Å². The Balaban J connectivity index is 2.63. The number of nitrogens with zero attached hydrogens (tertiary/aromatic N) is 2. The molecule has 0 saturated carbocycles. The third kappa shape index (κ3) is 2.30. The minimum Gasteiger partial charge on any atom is -0.506 e. The number of aromatic nitrogens is 2. The summed E-state index contributed by atoms with van der Waals surface area (Å²) in [5.74, 6) is -0.198. The monoisotopic (exact) mass is 251 g/mol. The normalized spacial score (nSPS) is 10.5. The van der Waals surface area contributed by atoms with E-state index in [2.05, 4.69) is 5.10 Å². The molecule has 0 saturated heterocycles. The molecule has 5 nitrogen and oxygen atoms in total. The Kier molecular flexibility index (Phi) is 3.12. The lowest BCUT2D eigenvalue weighted by atomic mass is 10.3. The van der Waals surface area contributed by atoms with Crippen LogP contribution in [0.3, 0.4) is 0 Å². The molecule has 17 heavy (non-hydrogen) atoms. The molecule has 0 amide bonds. The van der Waals surface area contributed by atoms with Crippen LogP contribution < -0.4 is 11.3 Å². The van der Waals surface area contributed by atoms with Gasteiger partial charge in [-0.2, -0.15) is 9.78 Å². The standard InChI is InChI=1S/C11H10ClN3O2/c12-7-2-1-3-8(4-7)15-11(17)5-10(16)9(6-13)14-15/h1-5,16H,6,13H2. The summed E-state index contributed by atoms with van der Waals surface area (Å²) < 4.78 is 1.15. The lowest BCUT2D eigenvalue weighted by Gasteiger charge is -2.07. The van der Waals surface area contributed by atoms with Crippen LogP contribution in [0.15, 0.2) is 35.1 Å². The molecular weight excluding hydrogens is 242 g/mol. The molecule has 2 aromatic rings. The van der Waals surface area contributed by atoms with Gasteiger partial charge in [0.2, 0.25) is 0 Å². The highest BCUT2D eigenvalue weighted by atomic mass is 35.5. The summed E-state index contributed by atoms with van der Waals surface area (Å²) in [6.07, 6.45) is 0. The van der Waals surface area contributed by atoms with E-state index in [4.69, 9.17) is 17.3 Å². The van der Waals surface area contributed by atoms with Crippen LogP contribution in [0.4, 0.5) is 0 Å². The fraction of sp³-hybridized carbons (Fsp3) is 0.0909. The summed E-state index contributed by atoms with van der Waals surface area (Å²) >= 11 is 5.83. The lowest BCUT2D eigenvalue weighted by molar-refractivity contribution is 0.457. The van der Waals surface area contributed by atoms with Gasteiger partial charge in [-0.25, -0.2) is 0 Å². The molecular formula is C11H10ClN3O2. The first kappa shape index (κ1) is 11.6. The van der Waals surface area contributed by atoms with E-state index in [0.717, 1.165) is 10.7 Å². The quantitative estimate of drug-likeness (QED) is 0.836. The number of benzene rings is 1. The first-order chi connectivity index (χ1) is 8.11. The van der Waals surface area contributed by atoms with E-state index < -0.39 is 5.56 Å². The number of rotatable bonds is 2. The van der Waals surface area contributed by atoms with Crippen LogP contribution in [0.25, 0.3) is 5.69 Å². The van der Waals surface area contributed by atoms with Gasteiger partial charge < -0.3 is 10.8 Å². The van der Waals surface area contributed by atoms with Gasteiger partial charge in [0.25, 0.3) is 5.56 Å². The first-order valence-corrected chi connectivity index (χ1v) is 5.28. The number of hydrogen-bond acceptors (Lipinski definition) is 4. The SMILES string of the molecule is NCc1nn(-c2cccc(Cl)c2)c(=O)cc1O. The maximum atomic E-state index is 11.7. The van der Waals surface area contributed by atoms with Crippen LogP contribution in [-0.2, 0) is 6.54 Å². The van der Waals surface area contributed by atoms with E-state index in [9.17, 15) is 9.90 Å². The summed E-state index contributed by atoms with van der Waals surface area (Å²) in [5.41, 5.74) is 5.75. The smallest absolute Gasteiger partial charge is 0.275 e. The van der Waals surface area contributed by atoms with Crippen molar-refractivity contribution < 1.29 is 5.11 Å². The minimum absolute atomic E-state index is 0.0483. The second-order valence-electron chi connectivity index (χ2n) is 3.41. The van der Waals surface area contributed by atoms with E-state index in [1.165, 1.54) is 0 Å². The maximum Gasteiger partial charge on any atom is 0.275 e. The zero-order chi connectivity index (χ0) is 12.4. The average Bonchev–Trinajstić information content (AvgIpc) is 2.29. The molecule has 1 aromatic carbocycles. The second-order valence-corrected chi connectivity index (χ2v) is 3.85. The Morgan fingerprint density at radius 3 is 2.82 bits per heavy atom. The van der Waals surface area contributed by atoms with Gasteiger partial charge in [-0.15, -0.1) is 0 Å². The predicted molar refractivity (Wildman–Crippen MR) is 64.4 cm³/mol. The molecule has 0 unspecified atom stereocenters. The molecule has 0 radical (unpaired) electrons. The lowest BCUT2D eigenvalue weighted by Crippen LogP contribution is -2.22. The van der Waals surface area contributed by atoms with Crippen molar-refractivity contribution >= 4 is 11.6 Å². The van der Waals surface area contributed by atoms with Crippen molar-refractivity contribution in [1.29, 1.82) is 0 Å². The zero-order valence-corrected chi connectivity index (χ0v) is 9.55. The van der Waals surface area contributed by atoms with Crippen molar-refractivity contribution in [3.05, 3.63) is 51.4 Å². The average molecular weight is 252 g/mol. The number of halogens is 1. The maximum absolute atomic E-state index is 11.7. The second kappa shape index (κ2) is 4.57. The third-order valence-corrected chi connectivity index (χ3v) is 2.47. The van der Waals surface area contributed by atoms with Crippen LogP contribution in [0.2, 0.25) is 5.02 Å². The summed E-state index contributed by atoms with van der Waals surface area (Å²) in [5, 5.41) is 13.9. The van der Waals surface area contributed by atoms with Crippen molar-refractivity contribution in [2.24, 2.45) is 5.73 Å². The largest absolute Gasteiger partial charge is 0.506 e. The van der Waals surface area contributed by atoms with Gasteiger partial charge in [-0.3, -0.25) is 4.79 Å². The topological polar surface area (TPSA) is 81.1 Å². The summed E-state index contributed by atoms with van der Waals surface area (Å²) in [4.78, 5) is 11.7. The molecule has 2 rings (SSSR count). The summed E-state index contributed by atoms with van der Waals surface area (Å²) in [6.45, 7) is 0.0483. The fourth-order valence-corrected chi connectivity index (χ4v) is 1.61. The molecule has 0 bridgehead atoms. The highest BCUT2D eigenvalue weighted by Crippen LogP contribution is 2.15. The van der Waals surface area contributed by atoms with Gasteiger partial charge in [0, 0.05) is 17.6 Å². The molecule has 0 atom stereocenters. The van der Waals surface area contributed by atoms with E-state index in [1.54, 1.807) is 24.3 Å². The van der Waals surface area contributed by atoms with Crippen LogP contribution in [0, 0.1) is 0 Å². The van der Waals surface area contributed by atoms with Crippen molar-refractivity contribution in [2.75, 3.05) is 0 Å². The van der Waals surface area contributed by atoms with Gasteiger partial charge in [-0.1, -0.05) is 17.7 Å². The third-order valence-electron chi connectivity index (χ3n) is 2.23. The number of nitrogens with two attached hydrogens (primary N) is 1. The summed E-state index contributed by atoms with van der Waals surface area (Å²) in [7, 11) is 0. The Hall–Kier alpha value is -1.85. The molecule has 0 aliphatic rings. The van der Waals surface area contributed by atoms with Gasteiger partial charge in [-0.05, 0) is 18.2 Å². The van der Waals surface area contributed by atoms with Crippen molar-refractivity contribution in [3.8, 4) is 11.4 Å². The highest BCUT2D eigenvalue weighted by molar-refractivity contribution is 6.30. The van der Waals surface area contributed by atoms with E-state index in [-0.39, 0.29) is 18.0 Å². The van der Waals surface area contributed by atoms with Crippen molar-refractivity contribution in [1.82, 2.24) is 9.78 Å². The van der Waals surface area contributed by atoms with Crippen LogP contribution in [0.5, 0.6) is 5.75 Å². The van der Waals surface area contributed by atoms with Crippen LogP contribution in [-0.4, -0.2) is 14.9 Å². The van der Waals surface area contributed by atoms with Gasteiger partial charge in [0.05, 0.1) is 5.69 Å².